The first kappa shape index (κ1) is 24.2. The quantitative estimate of drug-likeness (QED) is 0.159. The summed E-state index contributed by atoms with van der Waals surface area (Å²) in [7, 11) is 0. The second kappa shape index (κ2) is 11.0. The van der Waals surface area contributed by atoms with Crippen LogP contribution in [0.2, 0.25) is 0 Å². The molecule has 1 amide bonds. The number of hydrogen-bond donors (Lipinski definition) is 1. The average Bonchev–Trinajstić information content (AvgIpc) is 2.93. The van der Waals surface area contributed by atoms with Crippen molar-refractivity contribution in [2.75, 3.05) is 0 Å². The number of non-ortho nitro benzene ring substituents is 1. The van der Waals surface area contributed by atoms with Gasteiger partial charge in [0.05, 0.1) is 11.0 Å². The van der Waals surface area contributed by atoms with E-state index >= 15 is 0 Å². The Labute approximate surface area is 206 Å². The topological polar surface area (TPSA) is 119 Å². The Kier molecular flexibility index (Phi) is 7.36. The van der Waals surface area contributed by atoms with Gasteiger partial charge < -0.3 is 5.32 Å². The highest BCUT2D eigenvalue weighted by Crippen LogP contribution is 2.29. The van der Waals surface area contributed by atoms with Crippen LogP contribution in [-0.2, 0) is 0 Å². The van der Waals surface area contributed by atoms with Crippen LogP contribution >= 0.6 is 0 Å². The molecule has 0 fully saturated rings. The number of aromatic nitrogens is 1. The van der Waals surface area contributed by atoms with Crippen LogP contribution in [0, 0.1) is 16.0 Å². The molecule has 0 bridgehead atoms. The Hall–Kier alpha value is -4.98. The first-order valence-electron chi connectivity index (χ1n) is 11.1. The van der Waals surface area contributed by atoms with Crippen molar-refractivity contribution in [2.24, 2.45) is 5.92 Å². The van der Waals surface area contributed by atoms with E-state index in [2.05, 4.69) is 10.3 Å². The molecular weight excluding hydrogens is 458 g/mol. The summed E-state index contributed by atoms with van der Waals surface area (Å²) in [5.74, 6) is -2.76. The van der Waals surface area contributed by atoms with Crippen molar-refractivity contribution >= 4 is 23.2 Å². The van der Waals surface area contributed by atoms with Gasteiger partial charge in [-0.1, -0.05) is 60.7 Å². The third kappa shape index (κ3) is 5.39. The molecular formula is C28H21N3O5. The van der Waals surface area contributed by atoms with E-state index in [9.17, 15) is 24.5 Å². The van der Waals surface area contributed by atoms with E-state index < -0.39 is 34.4 Å². The Morgan fingerprint density at radius 2 is 1.19 bits per heavy atom. The molecule has 0 radical (unpaired) electrons. The minimum absolute atomic E-state index is 0.151. The highest BCUT2D eigenvalue weighted by Gasteiger charge is 2.38. The van der Waals surface area contributed by atoms with Gasteiger partial charge in [0.2, 0.25) is 0 Å². The van der Waals surface area contributed by atoms with Gasteiger partial charge in [-0.25, -0.2) is 0 Å². The zero-order valence-electron chi connectivity index (χ0n) is 19.0. The van der Waals surface area contributed by atoms with Gasteiger partial charge in [0.1, 0.15) is 5.92 Å². The molecule has 1 heterocycles. The molecule has 1 atom stereocenters. The lowest BCUT2D eigenvalue weighted by Gasteiger charge is -2.27. The van der Waals surface area contributed by atoms with Crippen molar-refractivity contribution in [3.63, 3.8) is 0 Å². The summed E-state index contributed by atoms with van der Waals surface area (Å²) in [6.07, 6.45) is 3.02. The molecule has 8 nitrogen and oxygen atoms in total. The predicted octanol–water partition coefficient (Wildman–Crippen LogP) is 4.84. The van der Waals surface area contributed by atoms with Gasteiger partial charge in [-0.15, -0.1) is 0 Å². The number of benzene rings is 3. The Morgan fingerprint density at radius 1 is 0.694 bits per heavy atom. The smallest absolute Gasteiger partial charge is 0.269 e. The number of nitrogens with zero attached hydrogens (tertiary/aromatic N) is 2. The number of nitro benzene ring substituents is 1. The number of hydrogen-bond acceptors (Lipinski definition) is 6. The number of Topliss-reactive ketones (excluding diaryl/α,β-unsaturated/α-hetero) is 2. The molecule has 8 heteroatoms. The molecule has 36 heavy (non-hydrogen) atoms. The molecule has 0 aliphatic heterocycles. The van der Waals surface area contributed by atoms with E-state index in [-0.39, 0.29) is 11.3 Å². The zero-order chi connectivity index (χ0) is 25.5. The number of ketones is 2. The van der Waals surface area contributed by atoms with Gasteiger partial charge in [-0.2, -0.15) is 0 Å². The van der Waals surface area contributed by atoms with Crippen LogP contribution in [0.15, 0.2) is 109 Å². The lowest BCUT2D eigenvalue weighted by Crippen LogP contribution is -2.41. The van der Waals surface area contributed by atoms with Gasteiger partial charge in [0.15, 0.2) is 11.6 Å². The van der Waals surface area contributed by atoms with Crippen LogP contribution in [0.3, 0.4) is 0 Å². The van der Waals surface area contributed by atoms with E-state index in [1.54, 1.807) is 72.8 Å². The van der Waals surface area contributed by atoms with Crippen LogP contribution in [0.1, 0.15) is 42.7 Å². The van der Waals surface area contributed by atoms with Crippen molar-refractivity contribution < 1.29 is 19.3 Å². The lowest BCUT2D eigenvalue weighted by molar-refractivity contribution is -0.384. The summed E-state index contributed by atoms with van der Waals surface area (Å²) in [4.78, 5) is 55.1. The zero-order valence-corrected chi connectivity index (χ0v) is 19.0. The summed E-state index contributed by atoms with van der Waals surface area (Å²) in [6.45, 7) is 0. The van der Waals surface area contributed by atoms with E-state index in [4.69, 9.17) is 0 Å². The van der Waals surface area contributed by atoms with Crippen LogP contribution in [0.25, 0.3) is 0 Å². The number of pyridine rings is 1. The lowest BCUT2D eigenvalue weighted by atomic mass is 9.81. The molecule has 0 saturated carbocycles. The molecule has 0 aliphatic carbocycles. The van der Waals surface area contributed by atoms with Crippen molar-refractivity contribution in [3.8, 4) is 0 Å². The van der Waals surface area contributed by atoms with Crippen LogP contribution in [0.5, 0.6) is 0 Å². The predicted molar refractivity (Wildman–Crippen MR) is 133 cm³/mol. The second-order valence-electron chi connectivity index (χ2n) is 7.97. The van der Waals surface area contributed by atoms with E-state index in [0.717, 1.165) is 0 Å². The molecule has 4 aromatic rings. The van der Waals surface area contributed by atoms with Gasteiger partial charge in [0, 0.05) is 41.2 Å². The molecule has 0 aliphatic rings. The Balaban J connectivity index is 1.78. The minimum Gasteiger partial charge on any atom is -0.344 e. The minimum atomic E-state index is -1.28. The normalized spacial score (nSPS) is 11.5. The van der Waals surface area contributed by atoms with Crippen LogP contribution in [0.4, 0.5) is 5.69 Å². The highest BCUT2D eigenvalue weighted by atomic mass is 16.6. The fraction of sp³-hybridized carbons (Fsp3) is 0.0714. The second-order valence-corrected chi connectivity index (χ2v) is 7.97. The van der Waals surface area contributed by atoms with Gasteiger partial charge in [0.25, 0.3) is 11.6 Å². The summed E-state index contributed by atoms with van der Waals surface area (Å²) < 4.78 is 0. The summed E-state index contributed by atoms with van der Waals surface area (Å²) in [5, 5.41) is 13.8. The number of carbonyl (C=O) groups excluding carboxylic acids is 3. The molecule has 4 rings (SSSR count). The molecule has 0 spiro atoms. The fourth-order valence-corrected chi connectivity index (χ4v) is 3.87. The van der Waals surface area contributed by atoms with Gasteiger partial charge >= 0.3 is 0 Å². The standard InChI is InChI=1S/C28H21N3O5/c32-26(20-7-3-1-4-8-20)24(27(33)21-9-5-2-6-10-21)25(19-15-17-29-18-16-19)30-28(34)22-11-13-23(14-12-22)31(35)36/h1-18,24-25H,(H,30,34). The third-order valence-electron chi connectivity index (χ3n) is 5.71. The van der Waals surface area contributed by atoms with Gasteiger partial charge in [-0.05, 0) is 29.8 Å². The highest BCUT2D eigenvalue weighted by molar-refractivity contribution is 6.17. The van der Waals surface area contributed by atoms with Crippen molar-refractivity contribution in [1.29, 1.82) is 0 Å². The molecule has 3 aromatic carbocycles. The van der Waals surface area contributed by atoms with E-state index in [0.29, 0.717) is 16.7 Å². The monoisotopic (exact) mass is 479 g/mol. The Bertz CT molecular complexity index is 1320. The molecule has 0 saturated heterocycles. The maximum atomic E-state index is 13.7. The number of rotatable bonds is 9. The first-order valence-corrected chi connectivity index (χ1v) is 11.1. The number of carbonyl (C=O) groups is 3. The average molecular weight is 479 g/mol. The maximum absolute atomic E-state index is 13.7. The number of nitrogens with one attached hydrogen (secondary N) is 1. The molecule has 1 N–H and O–H groups in total. The SMILES string of the molecule is O=C(NC(c1ccncc1)C(C(=O)c1ccccc1)C(=O)c1ccccc1)c1ccc([N+](=O)[O-])cc1. The first-order chi connectivity index (χ1) is 17.5. The molecule has 178 valence electrons. The molecule has 1 aromatic heterocycles. The van der Waals surface area contributed by atoms with Crippen LogP contribution in [-0.4, -0.2) is 27.4 Å². The van der Waals surface area contributed by atoms with Crippen LogP contribution < -0.4 is 5.32 Å². The fourth-order valence-electron chi connectivity index (χ4n) is 3.87. The van der Waals surface area contributed by atoms with Crippen molar-refractivity contribution in [3.05, 3.63) is 142 Å². The summed E-state index contributed by atoms with van der Waals surface area (Å²) >= 11 is 0. The molecule has 1 unspecified atom stereocenters. The summed E-state index contributed by atoms with van der Waals surface area (Å²) in [6, 6.07) is 24.1. The van der Waals surface area contributed by atoms with Crippen molar-refractivity contribution in [1.82, 2.24) is 10.3 Å². The summed E-state index contributed by atoms with van der Waals surface area (Å²) in [5.41, 5.74) is 1.16. The van der Waals surface area contributed by atoms with Crippen molar-refractivity contribution in [2.45, 2.75) is 6.04 Å². The van der Waals surface area contributed by atoms with Gasteiger partial charge in [-0.3, -0.25) is 29.5 Å². The largest absolute Gasteiger partial charge is 0.344 e. The number of amides is 1. The maximum Gasteiger partial charge on any atom is 0.269 e. The van der Waals surface area contributed by atoms with E-state index in [1.807, 2.05) is 0 Å². The van der Waals surface area contributed by atoms with E-state index in [1.165, 1.54) is 36.7 Å². The number of nitro groups is 1. The third-order valence-corrected chi connectivity index (χ3v) is 5.71. The Morgan fingerprint density at radius 3 is 1.67 bits per heavy atom.